The molecule has 0 radical (unpaired) electrons. The van der Waals surface area contributed by atoms with E-state index in [1.807, 2.05) is 86.8 Å². The van der Waals surface area contributed by atoms with Gasteiger partial charge in [-0.25, -0.2) is 4.79 Å². The predicted molar refractivity (Wildman–Crippen MR) is 153 cm³/mol. The van der Waals surface area contributed by atoms with Crippen LogP contribution in [0.3, 0.4) is 0 Å². The van der Waals surface area contributed by atoms with Crippen LogP contribution in [-0.2, 0) is 16.0 Å². The van der Waals surface area contributed by atoms with Gasteiger partial charge in [-0.2, -0.15) is 5.10 Å². The number of rotatable bonds is 6. The van der Waals surface area contributed by atoms with Gasteiger partial charge in [0.05, 0.1) is 29.8 Å². The Balaban J connectivity index is 1.29. The van der Waals surface area contributed by atoms with Crippen LogP contribution in [-0.4, -0.2) is 52.3 Å². The first kappa shape index (κ1) is 25.7. The molecule has 9 heteroatoms. The number of amides is 3. The molecule has 0 bridgehead atoms. The molecule has 0 saturated carbocycles. The van der Waals surface area contributed by atoms with Gasteiger partial charge in [-0.1, -0.05) is 24.3 Å². The average Bonchev–Trinajstić information content (AvgIpc) is 3.52. The lowest BCUT2D eigenvalue weighted by atomic mass is 10.1. The minimum absolute atomic E-state index is 0.0149. The van der Waals surface area contributed by atoms with Crippen LogP contribution in [0.2, 0.25) is 0 Å². The lowest BCUT2D eigenvalue weighted by molar-refractivity contribution is -0.115. The lowest BCUT2D eigenvalue weighted by Gasteiger charge is -2.35. The Bertz CT molecular complexity index is 1470. The summed E-state index contributed by atoms with van der Waals surface area (Å²) in [5.74, 6) is -0.0460. The maximum Gasteiger partial charge on any atom is 0.322 e. The Morgan fingerprint density at radius 3 is 2.68 bits per heavy atom. The largest absolute Gasteiger partial charge is 0.372 e. The average molecular weight is 530 g/mol. The molecule has 0 aliphatic carbocycles. The van der Waals surface area contributed by atoms with Crippen molar-refractivity contribution in [3.63, 3.8) is 0 Å². The Morgan fingerprint density at radius 1 is 1.11 bits per heavy atom. The van der Waals surface area contributed by atoms with Gasteiger partial charge in [-0.3, -0.25) is 9.89 Å². The van der Waals surface area contributed by atoms with Crippen LogP contribution in [0.4, 0.5) is 16.2 Å². The second-order valence-corrected chi connectivity index (χ2v) is 10.7. The SMILES string of the molecule is Cc1cc2[nH]nc(/C=C/c3cccc(NC(=O)N4CC(C)OC(C)C4)c3)c2cc1NC(=O)Cc1cccs1. The van der Waals surface area contributed by atoms with E-state index in [0.29, 0.717) is 19.5 Å². The Morgan fingerprint density at radius 2 is 1.92 bits per heavy atom. The van der Waals surface area contributed by atoms with E-state index in [0.717, 1.165) is 44.0 Å². The summed E-state index contributed by atoms with van der Waals surface area (Å²) >= 11 is 1.57. The molecule has 3 N–H and O–H groups in total. The number of morpholine rings is 1. The second-order valence-electron chi connectivity index (χ2n) is 9.68. The van der Waals surface area contributed by atoms with Crippen LogP contribution in [0.1, 0.15) is 35.5 Å². The van der Waals surface area contributed by atoms with Crippen molar-refractivity contribution in [1.82, 2.24) is 15.1 Å². The number of hydrogen-bond donors (Lipinski definition) is 3. The number of aromatic amines is 1. The molecule has 1 aliphatic heterocycles. The third-order valence-corrected chi connectivity index (χ3v) is 7.28. The number of carbonyl (C=O) groups excluding carboxylic acids is 2. The molecule has 1 fully saturated rings. The molecule has 38 heavy (non-hydrogen) atoms. The van der Waals surface area contributed by atoms with E-state index < -0.39 is 0 Å². The first-order chi connectivity index (χ1) is 18.3. The predicted octanol–water partition coefficient (Wildman–Crippen LogP) is 5.93. The van der Waals surface area contributed by atoms with E-state index in [4.69, 9.17) is 4.74 Å². The van der Waals surface area contributed by atoms with Gasteiger partial charge in [0.25, 0.3) is 0 Å². The standard InChI is InChI=1S/C29H31N5O3S/c1-18-12-27-24(15-26(18)31-28(35)14-23-8-5-11-38-23)25(32-33-27)10-9-21-6-4-7-22(13-21)30-29(36)34-16-19(2)37-20(3)17-34/h4-13,15,19-20H,14,16-17H2,1-3H3,(H,30,36)(H,31,35)(H,32,33)/b10-9+. The zero-order valence-electron chi connectivity index (χ0n) is 21.7. The number of thiophene rings is 1. The summed E-state index contributed by atoms with van der Waals surface area (Å²) in [5, 5.41) is 16.5. The van der Waals surface area contributed by atoms with Gasteiger partial charge in [-0.15, -0.1) is 11.3 Å². The number of anilines is 2. The van der Waals surface area contributed by atoms with Crippen LogP contribution in [0.25, 0.3) is 23.1 Å². The first-order valence-electron chi connectivity index (χ1n) is 12.6. The molecule has 4 aromatic rings. The molecule has 1 saturated heterocycles. The van der Waals surface area contributed by atoms with E-state index >= 15 is 0 Å². The number of fused-ring (bicyclic) bond motifs is 1. The van der Waals surface area contributed by atoms with Crippen molar-refractivity contribution >= 4 is 57.7 Å². The summed E-state index contributed by atoms with van der Waals surface area (Å²) in [5.41, 5.74) is 5.05. The quantitative estimate of drug-likeness (QED) is 0.288. The lowest BCUT2D eigenvalue weighted by Crippen LogP contribution is -2.49. The highest BCUT2D eigenvalue weighted by molar-refractivity contribution is 7.10. The maximum absolute atomic E-state index is 12.8. The highest BCUT2D eigenvalue weighted by Gasteiger charge is 2.25. The normalized spacial score (nSPS) is 17.7. The second kappa shape index (κ2) is 11.2. The summed E-state index contributed by atoms with van der Waals surface area (Å²) in [6, 6.07) is 15.4. The fourth-order valence-corrected chi connectivity index (χ4v) is 5.37. The summed E-state index contributed by atoms with van der Waals surface area (Å²) < 4.78 is 5.73. The van der Waals surface area contributed by atoms with Crippen molar-refractivity contribution in [1.29, 1.82) is 0 Å². The van der Waals surface area contributed by atoms with Gasteiger partial charge in [0.2, 0.25) is 5.91 Å². The summed E-state index contributed by atoms with van der Waals surface area (Å²) in [4.78, 5) is 28.2. The number of nitrogens with zero attached hydrogens (tertiary/aromatic N) is 2. The topological polar surface area (TPSA) is 99.3 Å². The van der Waals surface area contributed by atoms with Gasteiger partial charge < -0.3 is 20.3 Å². The number of H-pyrrole nitrogens is 1. The van der Waals surface area contributed by atoms with Gasteiger partial charge in [0.1, 0.15) is 0 Å². The van der Waals surface area contributed by atoms with E-state index in [1.165, 1.54) is 0 Å². The minimum atomic E-state index is -0.129. The molecular weight excluding hydrogens is 498 g/mol. The van der Waals surface area contributed by atoms with Gasteiger partial charge in [-0.05, 0) is 73.7 Å². The number of nitrogens with one attached hydrogen (secondary N) is 3. The minimum Gasteiger partial charge on any atom is -0.372 e. The molecular formula is C29H31N5O3S. The molecule has 2 atom stereocenters. The zero-order chi connectivity index (χ0) is 26.6. The van der Waals surface area contributed by atoms with Crippen LogP contribution < -0.4 is 10.6 Å². The number of carbonyl (C=O) groups is 2. The fraction of sp³-hybridized carbons (Fsp3) is 0.276. The van der Waals surface area contributed by atoms with Crippen molar-refractivity contribution < 1.29 is 14.3 Å². The zero-order valence-corrected chi connectivity index (χ0v) is 22.5. The van der Waals surface area contributed by atoms with Crippen LogP contribution in [0.15, 0.2) is 53.9 Å². The highest BCUT2D eigenvalue weighted by Crippen LogP contribution is 2.26. The van der Waals surface area contributed by atoms with Crippen molar-refractivity contribution in [2.75, 3.05) is 23.7 Å². The van der Waals surface area contributed by atoms with Crippen molar-refractivity contribution in [2.24, 2.45) is 0 Å². The number of aromatic nitrogens is 2. The molecule has 3 amide bonds. The van der Waals surface area contributed by atoms with Crippen molar-refractivity contribution in [3.05, 3.63) is 75.6 Å². The highest BCUT2D eigenvalue weighted by atomic mass is 32.1. The Labute approximate surface area is 225 Å². The third-order valence-electron chi connectivity index (χ3n) is 6.40. The first-order valence-corrected chi connectivity index (χ1v) is 13.5. The van der Waals surface area contributed by atoms with Crippen molar-refractivity contribution in [2.45, 2.75) is 39.4 Å². The van der Waals surface area contributed by atoms with Gasteiger partial charge in [0.15, 0.2) is 0 Å². The Kier molecular flexibility index (Phi) is 7.57. The number of hydrogen-bond acceptors (Lipinski definition) is 5. The van der Waals surface area contributed by atoms with E-state index in [2.05, 4.69) is 20.8 Å². The van der Waals surface area contributed by atoms with Gasteiger partial charge >= 0.3 is 6.03 Å². The van der Waals surface area contributed by atoms with E-state index in [9.17, 15) is 9.59 Å². The molecule has 2 aromatic heterocycles. The third kappa shape index (κ3) is 6.12. The van der Waals surface area contributed by atoms with Crippen LogP contribution in [0, 0.1) is 6.92 Å². The summed E-state index contributed by atoms with van der Waals surface area (Å²) in [6.07, 6.45) is 4.27. The molecule has 2 unspecified atom stereocenters. The molecule has 1 aliphatic rings. The molecule has 5 rings (SSSR count). The number of aryl methyl sites for hydroxylation is 1. The Hall–Kier alpha value is -3.95. The smallest absolute Gasteiger partial charge is 0.322 e. The monoisotopic (exact) mass is 529 g/mol. The van der Waals surface area contributed by atoms with Crippen LogP contribution >= 0.6 is 11.3 Å². The molecule has 0 spiro atoms. The van der Waals surface area contributed by atoms with E-state index in [1.54, 1.807) is 16.2 Å². The number of urea groups is 1. The van der Waals surface area contributed by atoms with Gasteiger partial charge in [0, 0.05) is 34.7 Å². The number of ether oxygens (including phenoxy) is 1. The molecule has 196 valence electrons. The summed E-state index contributed by atoms with van der Waals surface area (Å²) in [6.45, 7) is 7.05. The maximum atomic E-state index is 12.8. The summed E-state index contributed by atoms with van der Waals surface area (Å²) in [7, 11) is 0. The van der Waals surface area contributed by atoms with E-state index in [-0.39, 0.29) is 24.1 Å². The fourth-order valence-electron chi connectivity index (χ4n) is 4.66. The molecule has 8 nitrogen and oxygen atoms in total. The number of benzene rings is 2. The molecule has 2 aromatic carbocycles. The van der Waals surface area contributed by atoms with Crippen LogP contribution in [0.5, 0.6) is 0 Å². The molecule has 3 heterocycles. The van der Waals surface area contributed by atoms with Crippen molar-refractivity contribution in [3.8, 4) is 0 Å².